The minimum atomic E-state index is -3.59. The number of hydrogen-bond acceptors (Lipinski definition) is 6. The van der Waals surface area contributed by atoms with Crippen LogP contribution in [-0.4, -0.2) is 75.2 Å². The van der Waals surface area contributed by atoms with Gasteiger partial charge in [0.15, 0.2) is 0 Å². The van der Waals surface area contributed by atoms with Crippen molar-refractivity contribution >= 4 is 32.3 Å². The molecule has 3 rings (SSSR count). The zero-order valence-corrected chi connectivity index (χ0v) is 21.5. The van der Waals surface area contributed by atoms with E-state index in [0.717, 1.165) is 21.0 Å². The first-order valence-electron chi connectivity index (χ1n) is 10.3. The molecule has 0 unspecified atom stereocenters. The van der Waals surface area contributed by atoms with Crippen molar-refractivity contribution in [2.75, 3.05) is 40.3 Å². The summed E-state index contributed by atoms with van der Waals surface area (Å²) in [5, 5.41) is 0. The van der Waals surface area contributed by atoms with Crippen LogP contribution in [0.15, 0.2) is 40.3 Å². The van der Waals surface area contributed by atoms with Crippen molar-refractivity contribution in [2.24, 2.45) is 0 Å². The fourth-order valence-corrected chi connectivity index (χ4v) is 6.95. The summed E-state index contributed by atoms with van der Waals surface area (Å²) in [6, 6.07) is 6.90. The van der Waals surface area contributed by atoms with Crippen molar-refractivity contribution in [1.82, 2.24) is 18.1 Å². The Balaban J connectivity index is 1.76. The third kappa shape index (κ3) is 4.97. The number of nitrogens with zero attached hydrogens (tertiary/aromatic N) is 4. The molecule has 0 spiro atoms. The van der Waals surface area contributed by atoms with E-state index in [0.29, 0.717) is 42.4 Å². The van der Waals surface area contributed by atoms with E-state index in [4.69, 9.17) is 12.2 Å². The Morgan fingerprint density at radius 1 is 0.938 bits per heavy atom. The van der Waals surface area contributed by atoms with Crippen LogP contribution in [0.3, 0.4) is 0 Å². The molecule has 32 heavy (non-hydrogen) atoms. The van der Waals surface area contributed by atoms with Gasteiger partial charge in [-0.05, 0) is 44.0 Å². The molecule has 0 aliphatic carbocycles. The molecule has 1 aliphatic heterocycles. The van der Waals surface area contributed by atoms with Crippen LogP contribution in [0.2, 0.25) is 0 Å². The lowest BCUT2D eigenvalue weighted by molar-refractivity contribution is 0.151. The summed E-state index contributed by atoms with van der Waals surface area (Å²) in [7, 11) is -4.18. The summed E-state index contributed by atoms with van der Waals surface area (Å²) in [5.41, 5.74) is 2.56. The molecule has 0 radical (unpaired) electrons. The molecule has 176 valence electrons. The van der Waals surface area contributed by atoms with Gasteiger partial charge in [0.2, 0.25) is 20.0 Å². The molecule has 11 heteroatoms. The molecule has 1 aromatic heterocycles. The van der Waals surface area contributed by atoms with Gasteiger partial charge in [0, 0.05) is 46.5 Å². The molecule has 0 N–H and O–H groups in total. The number of aryl methyl sites for hydroxylation is 3. The topological polar surface area (TPSA) is 82.9 Å². The second kappa shape index (κ2) is 9.32. The lowest BCUT2D eigenvalue weighted by Crippen LogP contribution is -2.49. The maximum Gasteiger partial charge on any atom is 0.244 e. The first-order valence-corrected chi connectivity index (χ1v) is 13.6. The summed E-state index contributed by atoms with van der Waals surface area (Å²) >= 11 is 5.38. The zero-order chi connectivity index (χ0) is 23.8. The Bertz CT molecular complexity index is 1250. The number of benzene rings is 1. The van der Waals surface area contributed by atoms with E-state index in [-0.39, 0.29) is 4.90 Å². The number of rotatable bonds is 6. The fourth-order valence-electron chi connectivity index (χ4n) is 4.01. The summed E-state index contributed by atoms with van der Waals surface area (Å²) in [4.78, 5) is 2.63. The van der Waals surface area contributed by atoms with Crippen molar-refractivity contribution in [2.45, 2.75) is 37.2 Å². The molecule has 2 aromatic rings. The lowest BCUT2D eigenvalue weighted by Gasteiger charge is -2.35. The van der Waals surface area contributed by atoms with Crippen LogP contribution >= 0.6 is 12.2 Å². The molecule has 2 heterocycles. The van der Waals surface area contributed by atoms with Crippen LogP contribution in [0, 0.1) is 25.4 Å². The maximum absolute atomic E-state index is 13.3. The van der Waals surface area contributed by atoms with E-state index in [9.17, 15) is 16.8 Å². The third-order valence-electron chi connectivity index (χ3n) is 5.62. The lowest BCUT2D eigenvalue weighted by atomic mass is 10.1. The molecule has 0 bridgehead atoms. The maximum atomic E-state index is 13.3. The fraction of sp³-hybridized carbons (Fsp3) is 0.476. The van der Waals surface area contributed by atoms with E-state index in [1.54, 1.807) is 16.8 Å². The Hall–Kier alpha value is -1.63. The van der Waals surface area contributed by atoms with Gasteiger partial charge in [0.1, 0.15) is 4.64 Å². The SMILES string of the molecule is Cc1cc(C)c(S(=O)(=O)N2CCN(Cn3cc(S(=O)(=O)N(C)C)ccc3=S)CC2)c(C)c1. The van der Waals surface area contributed by atoms with E-state index in [2.05, 4.69) is 4.90 Å². The monoisotopic (exact) mass is 498 g/mol. The van der Waals surface area contributed by atoms with Gasteiger partial charge in [-0.1, -0.05) is 29.9 Å². The normalized spacial score (nSPS) is 16.6. The van der Waals surface area contributed by atoms with Gasteiger partial charge in [-0.2, -0.15) is 4.31 Å². The van der Waals surface area contributed by atoms with Gasteiger partial charge < -0.3 is 4.57 Å². The average Bonchev–Trinajstić information content (AvgIpc) is 2.68. The van der Waals surface area contributed by atoms with Crippen molar-refractivity contribution in [3.05, 3.63) is 51.8 Å². The first-order chi connectivity index (χ1) is 14.8. The molecule has 1 aliphatic rings. The van der Waals surface area contributed by atoms with E-state index in [1.807, 2.05) is 32.9 Å². The van der Waals surface area contributed by atoms with Crippen LogP contribution in [0.5, 0.6) is 0 Å². The quantitative estimate of drug-likeness (QED) is 0.569. The van der Waals surface area contributed by atoms with Crippen molar-refractivity contribution in [3.8, 4) is 0 Å². The number of pyridine rings is 1. The van der Waals surface area contributed by atoms with Crippen molar-refractivity contribution < 1.29 is 16.8 Å². The highest BCUT2D eigenvalue weighted by Crippen LogP contribution is 2.26. The molecule has 8 nitrogen and oxygen atoms in total. The minimum absolute atomic E-state index is 0.169. The van der Waals surface area contributed by atoms with Crippen molar-refractivity contribution in [1.29, 1.82) is 0 Å². The van der Waals surface area contributed by atoms with E-state index < -0.39 is 20.0 Å². The Kier molecular flexibility index (Phi) is 7.28. The average molecular weight is 499 g/mol. The largest absolute Gasteiger partial charge is 0.324 e. The molecule has 0 saturated carbocycles. The summed E-state index contributed by atoms with van der Waals surface area (Å²) in [6.45, 7) is 7.78. The smallest absolute Gasteiger partial charge is 0.244 e. The molecular formula is C21H30N4O4S3. The highest BCUT2D eigenvalue weighted by atomic mass is 32.2. The van der Waals surface area contributed by atoms with Gasteiger partial charge in [0.25, 0.3) is 0 Å². The number of piperazine rings is 1. The number of hydrogen-bond donors (Lipinski definition) is 0. The van der Waals surface area contributed by atoms with Gasteiger partial charge in [0.05, 0.1) is 16.5 Å². The number of aromatic nitrogens is 1. The highest BCUT2D eigenvalue weighted by Gasteiger charge is 2.31. The predicted molar refractivity (Wildman–Crippen MR) is 127 cm³/mol. The second-order valence-corrected chi connectivity index (χ2v) is 12.8. The second-order valence-electron chi connectivity index (χ2n) is 8.35. The molecule has 0 atom stereocenters. The van der Waals surface area contributed by atoms with E-state index >= 15 is 0 Å². The van der Waals surface area contributed by atoms with E-state index in [1.165, 1.54) is 24.5 Å². The van der Waals surface area contributed by atoms with Crippen LogP contribution in [0.4, 0.5) is 0 Å². The summed E-state index contributed by atoms with van der Waals surface area (Å²) in [6.07, 6.45) is 1.54. The molecule has 1 aromatic carbocycles. The van der Waals surface area contributed by atoms with Crippen LogP contribution < -0.4 is 0 Å². The standard InChI is InChI=1S/C21H30N4O4S3/c1-16-12-17(2)21(18(3)13-16)32(28,29)25-10-8-23(9-11-25)15-24-14-19(6-7-20(24)30)31(26,27)22(4)5/h6-7,12-14H,8-11,15H2,1-5H3. The first kappa shape index (κ1) is 25.0. The molecule has 1 fully saturated rings. The summed E-state index contributed by atoms with van der Waals surface area (Å²) < 4.78 is 56.4. The van der Waals surface area contributed by atoms with Gasteiger partial charge >= 0.3 is 0 Å². The number of sulfonamides is 2. The van der Waals surface area contributed by atoms with Gasteiger partial charge in [-0.3, -0.25) is 4.90 Å². The molecular weight excluding hydrogens is 468 g/mol. The summed E-state index contributed by atoms with van der Waals surface area (Å²) in [5.74, 6) is 0. The van der Waals surface area contributed by atoms with Gasteiger partial charge in [-0.15, -0.1) is 0 Å². The Labute approximate surface area is 196 Å². The van der Waals surface area contributed by atoms with Crippen LogP contribution in [0.25, 0.3) is 0 Å². The van der Waals surface area contributed by atoms with Crippen LogP contribution in [0.1, 0.15) is 16.7 Å². The zero-order valence-electron chi connectivity index (χ0n) is 19.1. The van der Waals surface area contributed by atoms with Crippen LogP contribution in [-0.2, 0) is 26.7 Å². The Morgan fingerprint density at radius 2 is 1.50 bits per heavy atom. The predicted octanol–water partition coefficient (Wildman–Crippen LogP) is 2.36. The third-order valence-corrected chi connectivity index (χ3v) is 10.00. The molecule has 1 saturated heterocycles. The Morgan fingerprint density at radius 3 is 2.03 bits per heavy atom. The van der Waals surface area contributed by atoms with Crippen molar-refractivity contribution in [3.63, 3.8) is 0 Å². The minimum Gasteiger partial charge on any atom is -0.324 e. The molecule has 0 amide bonds. The highest BCUT2D eigenvalue weighted by molar-refractivity contribution is 7.89. The van der Waals surface area contributed by atoms with Gasteiger partial charge in [-0.25, -0.2) is 21.1 Å².